The van der Waals surface area contributed by atoms with E-state index in [0.717, 1.165) is 12.0 Å². The van der Waals surface area contributed by atoms with Crippen molar-refractivity contribution in [2.75, 3.05) is 12.4 Å². The number of nitrogens with zero attached hydrogens (tertiary/aromatic N) is 2. The van der Waals surface area contributed by atoms with Crippen molar-refractivity contribution in [1.29, 1.82) is 0 Å². The van der Waals surface area contributed by atoms with Crippen molar-refractivity contribution in [3.8, 4) is 6.01 Å². The number of anilines is 1. The van der Waals surface area contributed by atoms with Gasteiger partial charge in [-0.25, -0.2) is 5.10 Å². The van der Waals surface area contributed by atoms with Crippen LogP contribution in [0.3, 0.4) is 0 Å². The molecular weight excluding hydrogens is 240 g/mol. The molecule has 0 aliphatic carbocycles. The first-order valence-electron chi connectivity index (χ1n) is 5.08. The van der Waals surface area contributed by atoms with Crippen molar-refractivity contribution in [2.45, 2.75) is 13.3 Å². The van der Waals surface area contributed by atoms with E-state index >= 15 is 0 Å². The van der Waals surface area contributed by atoms with Gasteiger partial charge in [0.2, 0.25) is 5.95 Å². The van der Waals surface area contributed by atoms with E-state index in [-0.39, 0.29) is 17.9 Å². The van der Waals surface area contributed by atoms with E-state index in [4.69, 9.17) is 4.74 Å². The fourth-order valence-corrected chi connectivity index (χ4v) is 2.26. The van der Waals surface area contributed by atoms with Crippen LogP contribution in [0.5, 0.6) is 6.01 Å². The number of thiophene rings is 1. The number of aromatic amines is 1. The minimum absolute atomic E-state index is 0.185. The molecule has 0 saturated heterocycles. The van der Waals surface area contributed by atoms with Gasteiger partial charge in [-0.3, -0.25) is 10.1 Å². The van der Waals surface area contributed by atoms with Gasteiger partial charge in [0.1, 0.15) is 0 Å². The summed E-state index contributed by atoms with van der Waals surface area (Å²) in [5.74, 6) is 0.0953. The molecule has 0 aromatic carbocycles. The number of nitrogens with one attached hydrogen (secondary N) is 2. The smallest absolute Gasteiger partial charge is 0.336 e. The fraction of sp³-hybridized carbons (Fsp3) is 0.300. The standard InChI is InChI=1S/C10H12N4O2S/c1-3-6-4-5-17-7(6)8(15)11-9-12-10(16-2)14-13-9/h4-5H,3H2,1-2H3,(H2,11,12,13,14,15). The normalized spacial score (nSPS) is 10.2. The zero-order chi connectivity index (χ0) is 12.3. The Balaban J connectivity index is 2.11. The van der Waals surface area contributed by atoms with Crippen LogP contribution in [0.25, 0.3) is 0 Å². The maximum Gasteiger partial charge on any atom is 0.336 e. The van der Waals surface area contributed by atoms with Crippen molar-refractivity contribution in [1.82, 2.24) is 15.2 Å². The molecule has 0 unspecified atom stereocenters. The van der Waals surface area contributed by atoms with Crippen LogP contribution < -0.4 is 10.1 Å². The zero-order valence-electron chi connectivity index (χ0n) is 9.48. The molecule has 17 heavy (non-hydrogen) atoms. The molecule has 2 aromatic heterocycles. The van der Waals surface area contributed by atoms with Crippen LogP contribution in [0.4, 0.5) is 5.95 Å². The van der Waals surface area contributed by atoms with E-state index in [1.165, 1.54) is 18.4 Å². The first kappa shape index (κ1) is 11.6. The molecule has 0 fully saturated rings. The predicted molar refractivity (Wildman–Crippen MR) is 64.6 cm³/mol. The first-order chi connectivity index (χ1) is 8.24. The highest BCUT2D eigenvalue weighted by Crippen LogP contribution is 2.18. The molecule has 0 aliphatic heterocycles. The van der Waals surface area contributed by atoms with E-state index < -0.39 is 0 Å². The summed E-state index contributed by atoms with van der Waals surface area (Å²) in [4.78, 5) is 16.5. The van der Waals surface area contributed by atoms with Gasteiger partial charge in [-0.15, -0.1) is 16.4 Å². The van der Waals surface area contributed by atoms with E-state index in [0.29, 0.717) is 4.88 Å². The van der Waals surface area contributed by atoms with Crippen LogP contribution in [0.15, 0.2) is 11.4 Å². The van der Waals surface area contributed by atoms with Gasteiger partial charge in [0.05, 0.1) is 12.0 Å². The van der Waals surface area contributed by atoms with Gasteiger partial charge >= 0.3 is 6.01 Å². The molecule has 0 aliphatic rings. The van der Waals surface area contributed by atoms with E-state index in [1.807, 2.05) is 18.4 Å². The number of aryl methyl sites for hydroxylation is 1. The Morgan fingerprint density at radius 1 is 1.65 bits per heavy atom. The van der Waals surface area contributed by atoms with Crippen LogP contribution in [0, 0.1) is 0 Å². The summed E-state index contributed by atoms with van der Waals surface area (Å²) in [5, 5.41) is 10.8. The maximum absolute atomic E-state index is 11.9. The molecule has 2 rings (SSSR count). The lowest BCUT2D eigenvalue weighted by molar-refractivity contribution is 0.102. The minimum atomic E-state index is -0.185. The molecule has 0 atom stereocenters. The Labute approximate surface area is 102 Å². The van der Waals surface area contributed by atoms with Crippen LogP contribution >= 0.6 is 11.3 Å². The number of ether oxygens (including phenoxy) is 1. The number of hydrogen-bond acceptors (Lipinski definition) is 5. The molecule has 0 saturated carbocycles. The van der Waals surface area contributed by atoms with Crippen LogP contribution in [0.2, 0.25) is 0 Å². The molecule has 2 N–H and O–H groups in total. The second-order valence-corrected chi connectivity index (χ2v) is 4.17. The van der Waals surface area contributed by atoms with Gasteiger partial charge < -0.3 is 4.74 Å². The average Bonchev–Trinajstić information content (AvgIpc) is 2.96. The maximum atomic E-state index is 11.9. The average molecular weight is 252 g/mol. The Morgan fingerprint density at radius 2 is 2.47 bits per heavy atom. The number of H-pyrrole nitrogens is 1. The summed E-state index contributed by atoms with van der Waals surface area (Å²) < 4.78 is 4.81. The number of rotatable bonds is 4. The number of carbonyl (C=O) groups excluding carboxylic acids is 1. The molecule has 6 nitrogen and oxygen atoms in total. The Bertz CT molecular complexity index is 520. The highest BCUT2D eigenvalue weighted by molar-refractivity contribution is 7.12. The first-order valence-corrected chi connectivity index (χ1v) is 5.96. The molecule has 0 spiro atoms. The van der Waals surface area contributed by atoms with E-state index in [9.17, 15) is 4.79 Å². The third-order valence-electron chi connectivity index (χ3n) is 2.21. The van der Waals surface area contributed by atoms with Crippen LogP contribution in [-0.2, 0) is 6.42 Å². The topological polar surface area (TPSA) is 79.9 Å². The Kier molecular flexibility index (Phi) is 3.38. The Hall–Kier alpha value is -1.89. The molecule has 2 aromatic rings. The SMILES string of the molecule is CCc1ccsc1C(=O)Nc1nc(OC)n[nH]1. The highest BCUT2D eigenvalue weighted by atomic mass is 32.1. The van der Waals surface area contributed by atoms with Gasteiger partial charge in [0, 0.05) is 0 Å². The van der Waals surface area contributed by atoms with Gasteiger partial charge in [-0.1, -0.05) is 6.92 Å². The summed E-state index contributed by atoms with van der Waals surface area (Å²) in [5.41, 5.74) is 1.03. The summed E-state index contributed by atoms with van der Waals surface area (Å²) in [7, 11) is 1.46. The number of methoxy groups -OCH3 is 1. The van der Waals surface area contributed by atoms with Crippen molar-refractivity contribution < 1.29 is 9.53 Å². The second-order valence-electron chi connectivity index (χ2n) is 3.25. The third kappa shape index (κ3) is 2.44. The third-order valence-corrected chi connectivity index (χ3v) is 3.17. The second kappa shape index (κ2) is 4.96. The van der Waals surface area contributed by atoms with Crippen molar-refractivity contribution in [2.24, 2.45) is 0 Å². The number of carbonyl (C=O) groups is 1. The summed E-state index contributed by atoms with van der Waals surface area (Å²) in [6, 6.07) is 2.14. The number of hydrogen-bond donors (Lipinski definition) is 2. The summed E-state index contributed by atoms with van der Waals surface area (Å²) in [6.07, 6.45) is 0.825. The lowest BCUT2D eigenvalue weighted by Gasteiger charge is -2.00. The van der Waals surface area contributed by atoms with Crippen molar-refractivity contribution >= 4 is 23.2 Å². The lowest BCUT2D eigenvalue weighted by atomic mass is 10.2. The largest absolute Gasteiger partial charge is 0.466 e. The molecule has 0 bridgehead atoms. The molecule has 7 heteroatoms. The fourth-order valence-electron chi connectivity index (χ4n) is 1.37. The van der Waals surface area contributed by atoms with Gasteiger partial charge in [0.25, 0.3) is 5.91 Å². The van der Waals surface area contributed by atoms with E-state index in [2.05, 4.69) is 20.5 Å². The van der Waals surface area contributed by atoms with Gasteiger partial charge in [-0.2, -0.15) is 4.98 Å². The minimum Gasteiger partial charge on any atom is -0.466 e. The van der Waals surface area contributed by atoms with Crippen LogP contribution in [0.1, 0.15) is 22.2 Å². The van der Waals surface area contributed by atoms with Gasteiger partial charge in [0.15, 0.2) is 0 Å². The zero-order valence-corrected chi connectivity index (χ0v) is 10.3. The predicted octanol–water partition coefficient (Wildman–Crippen LogP) is 1.69. The number of amides is 1. The molecule has 2 heterocycles. The molecule has 1 amide bonds. The molecular formula is C10H12N4O2S. The summed E-state index contributed by atoms with van der Waals surface area (Å²) >= 11 is 1.41. The highest BCUT2D eigenvalue weighted by Gasteiger charge is 2.14. The lowest BCUT2D eigenvalue weighted by Crippen LogP contribution is -2.13. The van der Waals surface area contributed by atoms with E-state index in [1.54, 1.807) is 0 Å². The monoisotopic (exact) mass is 252 g/mol. The van der Waals surface area contributed by atoms with Crippen LogP contribution in [-0.4, -0.2) is 28.2 Å². The van der Waals surface area contributed by atoms with Crippen molar-refractivity contribution in [3.05, 3.63) is 21.9 Å². The number of aromatic nitrogens is 3. The quantitative estimate of drug-likeness (QED) is 0.867. The Morgan fingerprint density at radius 3 is 3.12 bits per heavy atom. The van der Waals surface area contributed by atoms with Crippen molar-refractivity contribution in [3.63, 3.8) is 0 Å². The summed E-state index contributed by atoms with van der Waals surface area (Å²) in [6.45, 7) is 2.01. The molecule has 0 radical (unpaired) electrons. The van der Waals surface area contributed by atoms with Gasteiger partial charge in [-0.05, 0) is 23.4 Å². The molecule has 90 valence electrons.